The molecule has 0 amide bonds. The predicted octanol–water partition coefficient (Wildman–Crippen LogP) is 2.53. The van der Waals surface area contributed by atoms with Crippen LogP contribution >= 0.6 is 0 Å². The van der Waals surface area contributed by atoms with Gasteiger partial charge < -0.3 is 10.1 Å². The second-order valence-electron chi connectivity index (χ2n) is 5.91. The standard InChI is InChI=1S/C17H24N4O/c22-19-15-7-3-1-2-4-8-16(15)20-11-13-21(14-12-20)17-9-5-6-10-18-17/h1-2,5-6,9-10,16,22H,3-4,7-8,11-14H2/b2-1?,19-15+/t16-/m1/s1. The molecule has 1 saturated heterocycles. The SMILES string of the molecule is O/N=C1\CCC=CCC[C@H]1N1CCN(c2ccccn2)CC1. The van der Waals surface area contributed by atoms with E-state index in [1.807, 2.05) is 18.3 Å². The molecule has 3 rings (SSSR count). The maximum Gasteiger partial charge on any atom is 0.128 e. The van der Waals surface area contributed by atoms with Crippen LogP contribution in [0, 0.1) is 0 Å². The Labute approximate surface area is 131 Å². The van der Waals surface area contributed by atoms with E-state index >= 15 is 0 Å². The molecule has 0 unspecified atom stereocenters. The molecule has 0 radical (unpaired) electrons. The summed E-state index contributed by atoms with van der Waals surface area (Å²) < 4.78 is 0. The van der Waals surface area contributed by atoms with Crippen LogP contribution in [0.3, 0.4) is 0 Å². The fourth-order valence-electron chi connectivity index (χ4n) is 3.37. The third-order valence-corrected chi connectivity index (χ3v) is 4.58. The van der Waals surface area contributed by atoms with E-state index in [4.69, 9.17) is 0 Å². The number of hydrogen-bond donors (Lipinski definition) is 1. The molecule has 22 heavy (non-hydrogen) atoms. The van der Waals surface area contributed by atoms with Crippen LogP contribution < -0.4 is 4.90 Å². The number of aromatic nitrogens is 1. The molecule has 118 valence electrons. The molecule has 1 N–H and O–H groups in total. The van der Waals surface area contributed by atoms with Crippen molar-refractivity contribution in [1.29, 1.82) is 0 Å². The molecule has 1 fully saturated rings. The van der Waals surface area contributed by atoms with Crippen molar-refractivity contribution in [2.24, 2.45) is 5.16 Å². The molecule has 5 heteroatoms. The second-order valence-corrected chi connectivity index (χ2v) is 5.91. The normalized spacial score (nSPS) is 25.9. The number of anilines is 1. The minimum Gasteiger partial charge on any atom is -0.411 e. The molecular formula is C17H24N4O. The lowest BCUT2D eigenvalue weighted by atomic mass is 9.96. The molecule has 1 aliphatic carbocycles. The van der Waals surface area contributed by atoms with Gasteiger partial charge in [-0.2, -0.15) is 0 Å². The van der Waals surface area contributed by atoms with E-state index in [1.54, 1.807) is 0 Å². The lowest BCUT2D eigenvalue weighted by Crippen LogP contribution is -2.53. The van der Waals surface area contributed by atoms with Crippen molar-refractivity contribution < 1.29 is 5.21 Å². The summed E-state index contributed by atoms with van der Waals surface area (Å²) in [5.41, 5.74) is 0.940. The summed E-state index contributed by atoms with van der Waals surface area (Å²) in [6.45, 7) is 3.93. The van der Waals surface area contributed by atoms with Crippen LogP contribution in [0.25, 0.3) is 0 Å². The Morgan fingerprint density at radius 2 is 1.91 bits per heavy atom. The van der Waals surface area contributed by atoms with Crippen molar-refractivity contribution in [3.63, 3.8) is 0 Å². The Morgan fingerprint density at radius 3 is 2.64 bits per heavy atom. The van der Waals surface area contributed by atoms with Crippen LogP contribution in [0.1, 0.15) is 25.7 Å². The largest absolute Gasteiger partial charge is 0.411 e. The number of pyridine rings is 1. The van der Waals surface area contributed by atoms with Crippen LogP contribution in [0.15, 0.2) is 41.7 Å². The van der Waals surface area contributed by atoms with Crippen LogP contribution in [0.2, 0.25) is 0 Å². The Hall–Kier alpha value is -1.88. The fraction of sp³-hybridized carbons (Fsp3) is 0.529. The zero-order valence-electron chi connectivity index (χ0n) is 12.9. The number of hydrogen-bond acceptors (Lipinski definition) is 5. The first-order valence-corrected chi connectivity index (χ1v) is 8.14. The van der Waals surface area contributed by atoms with Gasteiger partial charge in [0.05, 0.1) is 11.8 Å². The van der Waals surface area contributed by atoms with Crippen LogP contribution in [0.4, 0.5) is 5.82 Å². The van der Waals surface area contributed by atoms with Gasteiger partial charge in [-0.15, -0.1) is 0 Å². The third-order valence-electron chi connectivity index (χ3n) is 4.58. The van der Waals surface area contributed by atoms with Crippen molar-refractivity contribution in [2.75, 3.05) is 31.1 Å². The molecule has 1 aromatic heterocycles. The minimum atomic E-state index is 0.279. The Bertz CT molecular complexity index is 521. The number of allylic oxidation sites excluding steroid dienone is 2. The molecule has 0 saturated carbocycles. The molecule has 5 nitrogen and oxygen atoms in total. The highest BCUT2D eigenvalue weighted by Crippen LogP contribution is 2.20. The highest BCUT2D eigenvalue weighted by Gasteiger charge is 2.28. The zero-order chi connectivity index (χ0) is 15.2. The van der Waals surface area contributed by atoms with Gasteiger partial charge in [0.25, 0.3) is 0 Å². The van der Waals surface area contributed by atoms with Gasteiger partial charge in [-0.25, -0.2) is 4.98 Å². The number of nitrogens with zero attached hydrogens (tertiary/aromatic N) is 4. The summed E-state index contributed by atoms with van der Waals surface area (Å²) in [5, 5.41) is 13.0. The molecule has 2 heterocycles. The summed E-state index contributed by atoms with van der Waals surface area (Å²) in [5.74, 6) is 1.05. The van der Waals surface area contributed by atoms with E-state index in [9.17, 15) is 5.21 Å². The first kappa shape index (κ1) is 15.0. The topological polar surface area (TPSA) is 52.0 Å². The van der Waals surface area contributed by atoms with E-state index in [1.165, 1.54) is 0 Å². The van der Waals surface area contributed by atoms with Crippen molar-refractivity contribution in [3.8, 4) is 0 Å². The maximum atomic E-state index is 9.36. The van der Waals surface area contributed by atoms with Crippen LogP contribution in [0.5, 0.6) is 0 Å². The van der Waals surface area contributed by atoms with Gasteiger partial charge >= 0.3 is 0 Å². The van der Waals surface area contributed by atoms with E-state index in [-0.39, 0.29) is 6.04 Å². The van der Waals surface area contributed by atoms with Gasteiger partial charge in [0.15, 0.2) is 0 Å². The molecule has 0 spiro atoms. The van der Waals surface area contributed by atoms with Gasteiger partial charge in [-0.05, 0) is 37.8 Å². The van der Waals surface area contributed by atoms with Crippen LogP contribution in [-0.2, 0) is 0 Å². The van der Waals surface area contributed by atoms with E-state index in [0.29, 0.717) is 0 Å². The quantitative estimate of drug-likeness (QED) is 0.518. The van der Waals surface area contributed by atoms with Gasteiger partial charge in [-0.3, -0.25) is 4.90 Å². The number of oxime groups is 1. The summed E-state index contributed by atoms with van der Waals surface area (Å²) in [6, 6.07) is 6.33. The summed E-state index contributed by atoms with van der Waals surface area (Å²) in [6.07, 6.45) is 10.2. The van der Waals surface area contributed by atoms with Crippen molar-refractivity contribution in [2.45, 2.75) is 31.7 Å². The van der Waals surface area contributed by atoms with Crippen LogP contribution in [-0.4, -0.2) is 53.0 Å². The van der Waals surface area contributed by atoms with Crippen molar-refractivity contribution >= 4 is 11.5 Å². The van der Waals surface area contributed by atoms with Crippen molar-refractivity contribution in [1.82, 2.24) is 9.88 Å². The minimum absolute atomic E-state index is 0.279. The molecule has 2 aliphatic rings. The monoisotopic (exact) mass is 300 g/mol. The number of piperazine rings is 1. The van der Waals surface area contributed by atoms with E-state index in [2.05, 4.69) is 38.2 Å². The Kier molecular flexibility index (Phi) is 5.06. The Balaban J connectivity index is 1.63. The highest BCUT2D eigenvalue weighted by molar-refractivity contribution is 5.89. The van der Waals surface area contributed by atoms with Gasteiger partial charge in [-0.1, -0.05) is 23.4 Å². The zero-order valence-corrected chi connectivity index (χ0v) is 12.9. The Morgan fingerprint density at radius 1 is 1.09 bits per heavy atom. The lowest BCUT2D eigenvalue weighted by Gasteiger charge is -2.40. The fourth-order valence-corrected chi connectivity index (χ4v) is 3.37. The predicted molar refractivity (Wildman–Crippen MR) is 88.6 cm³/mol. The van der Waals surface area contributed by atoms with Gasteiger partial charge in [0.2, 0.25) is 0 Å². The molecule has 1 aromatic rings. The van der Waals surface area contributed by atoms with E-state index < -0.39 is 0 Å². The summed E-state index contributed by atoms with van der Waals surface area (Å²) in [4.78, 5) is 9.23. The smallest absolute Gasteiger partial charge is 0.128 e. The third kappa shape index (κ3) is 3.47. The first-order valence-electron chi connectivity index (χ1n) is 8.14. The van der Waals surface area contributed by atoms with Gasteiger partial charge in [0.1, 0.15) is 5.82 Å². The second kappa shape index (κ2) is 7.40. The van der Waals surface area contributed by atoms with Gasteiger partial charge in [0, 0.05) is 32.4 Å². The maximum absolute atomic E-state index is 9.36. The average molecular weight is 300 g/mol. The molecule has 1 atom stereocenters. The molecule has 0 bridgehead atoms. The highest BCUT2D eigenvalue weighted by atomic mass is 16.4. The number of rotatable bonds is 2. The lowest BCUT2D eigenvalue weighted by molar-refractivity contribution is 0.211. The molecule has 0 aromatic carbocycles. The average Bonchev–Trinajstić information content (AvgIpc) is 2.56. The summed E-state index contributed by atoms with van der Waals surface area (Å²) >= 11 is 0. The molecular weight excluding hydrogens is 276 g/mol. The van der Waals surface area contributed by atoms with Crippen molar-refractivity contribution in [3.05, 3.63) is 36.5 Å². The summed E-state index contributed by atoms with van der Waals surface area (Å²) in [7, 11) is 0. The first-order chi connectivity index (χ1) is 10.9. The van der Waals surface area contributed by atoms with E-state index in [0.717, 1.165) is 63.4 Å². The molecule has 1 aliphatic heterocycles.